The second kappa shape index (κ2) is 10.4. The molecule has 1 aliphatic rings. The summed E-state index contributed by atoms with van der Waals surface area (Å²) >= 11 is 0. The molecule has 0 aliphatic carbocycles. The molecule has 1 atom stereocenters. The molecule has 0 aromatic rings. The standard InChI is InChI=1S/C17H33NO/c1-16(2)10-6-4-3-5-8-13-18-14-9-7-11-17(18)12-15-19/h10,17,19H,3-9,11-15H2,1-2H3/t17-/m1/s1. The molecule has 0 aromatic heterocycles. The Morgan fingerprint density at radius 2 is 1.95 bits per heavy atom. The van der Waals surface area contributed by atoms with Crippen LogP contribution in [0, 0.1) is 0 Å². The lowest BCUT2D eigenvalue weighted by Crippen LogP contribution is -2.40. The number of hydrogen-bond donors (Lipinski definition) is 1. The van der Waals surface area contributed by atoms with Crippen LogP contribution in [0.4, 0.5) is 0 Å². The average Bonchev–Trinajstić information content (AvgIpc) is 2.39. The van der Waals surface area contributed by atoms with Gasteiger partial charge in [0.05, 0.1) is 0 Å². The minimum absolute atomic E-state index is 0.351. The maximum absolute atomic E-state index is 9.12. The number of piperidine rings is 1. The van der Waals surface area contributed by atoms with Gasteiger partial charge >= 0.3 is 0 Å². The predicted molar refractivity (Wildman–Crippen MR) is 83.4 cm³/mol. The van der Waals surface area contributed by atoms with Crippen LogP contribution in [0.2, 0.25) is 0 Å². The number of hydrogen-bond acceptors (Lipinski definition) is 2. The third kappa shape index (κ3) is 7.74. The van der Waals surface area contributed by atoms with E-state index in [2.05, 4.69) is 24.8 Å². The molecule has 0 saturated carbocycles. The van der Waals surface area contributed by atoms with E-state index in [1.54, 1.807) is 0 Å². The van der Waals surface area contributed by atoms with Crippen LogP contribution in [0.5, 0.6) is 0 Å². The Morgan fingerprint density at radius 3 is 2.68 bits per heavy atom. The molecule has 0 bridgehead atoms. The maximum atomic E-state index is 9.12. The van der Waals surface area contributed by atoms with Gasteiger partial charge in [0.15, 0.2) is 0 Å². The molecule has 2 nitrogen and oxygen atoms in total. The molecule has 0 spiro atoms. The number of rotatable bonds is 9. The van der Waals surface area contributed by atoms with Crippen molar-refractivity contribution in [2.24, 2.45) is 0 Å². The first kappa shape index (κ1) is 16.7. The van der Waals surface area contributed by atoms with E-state index in [4.69, 9.17) is 5.11 Å². The van der Waals surface area contributed by atoms with Gasteiger partial charge in [-0.1, -0.05) is 30.9 Å². The van der Waals surface area contributed by atoms with Crippen LogP contribution in [0.3, 0.4) is 0 Å². The van der Waals surface area contributed by atoms with Gasteiger partial charge in [-0.15, -0.1) is 0 Å². The van der Waals surface area contributed by atoms with Crippen molar-refractivity contribution in [2.45, 2.75) is 77.7 Å². The van der Waals surface area contributed by atoms with Gasteiger partial charge in [0.2, 0.25) is 0 Å². The minimum Gasteiger partial charge on any atom is -0.396 e. The first-order chi connectivity index (χ1) is 9.24. The van der Waals surface area contributed by atoms with E-state index in [1.165, 1.54) is 70.0 Å². The van der Waals surface area contributed by atoms with Crippen molar-refractivity contribution >= 4 is 0 Å². The monoisotopic (exact) mass is 267 g/mol. The summed E-state index contributed by atoms with van der Waals surface area (Å²) in [6.07, 6.45) is 14.0. The summed E-state index contributed by atoms with van der Waals surface area (Å²) in [6, 6.07) is 0.657. The highest BCUT2D eigenvalue weighted by atomic mass is 16.3. The van der Waals surface area contributed by atoms with Crippen LogP contribution in [0.15, 0.2) is 11.6 Å². The minimum atomic E-state index is 0.351. The SMILES string of the molecule is CC(C)=CCCCCCCN1CCCC[C@@H]1CCO. The molecule has 0 unspecified atom stereocenters. The fourth-order valence-electron chi connectivity index (χ4n) is 3.03. The molecular weight excluding hydrogens is 234 g/mol. The van der Waals surface area contributed by atoms with E-state index in [1.807, 2.05) is 0 Å². The molecule has 1 fully saturated rings. The lowest BCUT2D eigenvalue weighted by atomic mass is 9.99. The summed E-state index contributed by atoms with van der Waals surface area (Å²) in [5.74, 6) is 0. The zero-order valence-electron chi connectivity index (χ0n) is 13.0. The molecule has 19 heavy (non-hydrogen) atoms. The molecule has 1 aliphatic heterocycles. The van der Waals surface area contributed by atoms with Gasteiger partial charge in [-0.25, -0.2) is 0 Å². The van der Waals surface area contributed by atoms with Crippen molar-refractivity contribution in [2.75, 3.05) is 19.7 Å². The molecule has 2 heteroatoms. The molecular formula is C17H33NO. The first-order valence-corrected chi connectivity index (χ1v) is 8.22. The smallest absolute Gasteiger partial charge is 0.0445 e. The summed E-state index contributed by atoms with van der Waals surface area (Å²) in [4.78, 5) is 2.62. The highest BCUT2D eigenvalue weighted by Crippen LogP contribution is 2.20. The van der Waals surface area contributed by atoms with Crippen LogP contribution in [-0.4, -0.2) is 35.7 Å². The average molecular weight is 267 g/mol. The van der Waals surface area contributed by atoms with Crippen molar-refractivity contribution in [3.8, 4) is 0 Å². The van der Waals surface area contributed by atoms with E-state index >= 15 is 0 Å². The van der Waals surface area contributed by atoms with Crippen molar-refractivity contribution in [3.63, 3.8) is 0 Å². The molecule has 0 aromatic carbocycles. The molecule has 112 valence electrons. The van der Waals surface area contributed by atoms with Crippen LogP contribution in [-0.2, 0) is 0 Å². The lowest BCUT2D eigenvalue weighted by molar-refractivity contribution is 0.117. The number of unbranched alkanes of at least 4 members (excludes halogenated alkanes) is 4. The van der Waals surface area contributed by atoms with Gasteiger partial charge in [0.1, 0.15) is 0 Å². The lowest BCUT2D eigenvalue weighted by Gasteiger charge is -2.35. The van der Waals surface area contributed by atoms with Crippen molar-refractivity contribution in [1.29, 1.82) is 0 Å². The Morgan fingerprint density at radius 1 is 1.16 bits per heavy atom. The Bertz CT molecular complexity index is 244. The first-order valence-electron chi connectivity index (χ1n) is 8.22. The van der Waals surface area contributed by atoms with Crippen LogP contribution >= 0.6 is 0 Å². The third-order valence-corrected chi connectivity index (χ3v) is 4.16. The van der Waals surface area contributed by atoms with Gasteiger partial charge in [-0.05, 0) is 65.5 Å². The van der Waals surface area contributed by atoms with Crippen LogP contribution in [0.25, 0.3) is 0 Å². The summed E-state index contributed by atoms with van der Waals surface area (Å²) in [7, 11) is 0. The van der Waals surface area contributed by atoms with Crippen LogP contribution in [0.1, 0.15) is 71.6 Å². The Kier molecular flexibility index (Phi) is 9.19. The number of likely N-dealkylation sites (tertiary alicyclic amines) is 1. The zero-order chi connectivity index (χ0) is 13.9. The molecule has 0 amide bonds. The highest BCUT2D eigenvalue weighted by Gasteiger charge is 2.20. The fraction of sp³-hybridized carbons (Fsp3) is 0.882. The second-order valence-corrected chi connectivity index (χ2v) is 6.18. The number of allylic oxidation sites excluding steroid dienone is 2. The van der Waals surface area contributed by atoms with Gasteiger partial charge in [0, 0.05) is 12.6 Å². The molecule has 1 N–H and O–H groups in total. The number of nitrogens with zero attached hydrogens (tertiary/aromatic N) is 1. The fourth-order valence-corrected chi connectivity index (χ4v) is 3.03. The van der Waals surface area contributed by atoms with E-state index in [0.29, 0.717) is 12.6 Å². The van der Waals surface area contributed by atoms with E-state index in [0.717, 1.165) is 6.42 Å². The molecule has 1 saturated heterocycles. The molecule has 1 rings (SSSR count). The van der Waals surface area contributed by atoms with Gasteiger partial charge in [0.25, 0.3) is 0 Å². The van der Waals surface area contributed by atoms with E-state index in [-0.39, 0.29) is 0 Å². The Labute approximate surface area is 119 Å². The Balaban J connectivity index is 2.05. The van der Waals surface area contributed by atoms with Crippen molar-refractivity contribution in [3.05, 3.63) is 11.6 Å². The van der Waals surface area contributed by atoms with Gasteiger partial charge < -0.3 is 10.0 Å². The van der Waals surface area contributed by atoms with Crippen LogP contribution < -0.4 is 0 Å². The molecule has 1 heterocycles. The van der Waals surface area contributed by atoms with Gasteiger partial charge in [-0.3, -0.25) is 0 Å². The summed E-state index contributed by atoms with van der Waals surface area (Å²) < 4.78 is 0. The maximum Gasteiger partial charge on any atom is 0.0445 e. The topological polar surface area (TPSA) is 23.5 Å². The van der Waals surface area contributed by atoms with Crippen molar-refractivity contribution in [1.82, 2.24) is 4.90 Å². The second-order valence-electron chi connectivity index (χ2n) is 6.18. The summed E-state index contributed by atoms with van der Waals surface area (Å²) in [5.41, 5.74) is 1.44. The number of aliphatic hydroxyl groups is 1. The predicted octanol–water partition coefficient (Wildman–Crippen LogP) is 4.14. The van der Waals surface area contributed by atoms with E-state index in [9.17, 15) is 0 Å². The summed E-state index contributed by atoms with van der Waals surface area (Å²) in [6.45, 7) is 7.20. The zero-order valence-corrected chi connectivity index (χ0v) is 13.0. The Hall–Kier alpha value is -0.340. The number of aliphatic hydroxyl groups excluding tert-OH is 1. The summed E-state index contributed by atoms with van der Waals surface area (Å²) in [5, 5.41) is 9.12. The van der Waals surface area contributed by atoms with Crippen molar-refractivity contribution < 1.29 is 5.11 Å². The third-order valence-electron chi connectivity index (χ3n) is 4.16. The normalized spacial score (nSPS) is 20.5. The van der Waals surface area contributed by atoms with Gasteiger partial charge in [-0.2, -0.15) is 0 Å². The quantitative estimate of drug-likeness (QED) is 0.501. The molecule has 0 radical (unpaired) electrons. The largest absolute Gasteiger partial charge is 0.396 e. The highest BCUT2D eigenvalue weighted by molar-refractivity contribution is 4.92. The van der Waals surface area contributed by atoms with E-state index < -0.39 is 0 Å².